The molecule has 0 atom stereocenters. The van der Waals surface area contributed by atoms with Gasteiger partial charge < -0.3 is 9.47 Å². The Kier molecular flexibility index (Phi) is 4.75. The highest BCUT2D eigenvalue weighted by molar-refractivity contribution is 7.89. The molecule has 9 nitrogen and oxygen atoms in total. The fourth-order valence-electron chi connectivity index (χ4n) is 3.52. The van der Waals surface area contributed by atoms with Crippen LogP contribution in [0, 0.1) is 0 Å². The molecule has 0 aliphatic rings. The topological polar surface area (TPSA) is 118 Å². The number of fused-ring (bicyclic) bond motifs is 3. The number of benzene rings is 2. The Morgan fingerprint density at radius 1 is 1.07 bits per heavy atom. The van der Waals surface area contributed by atoms with Crippen molar-refractivity contribution >= 4 is 32.0 Å². The number of hydrogen-bond donors (Lipinski definition) is 1. The molecule has 2 N–H and O–H groups in total. The predicted molar refractivity (Wildman–Crippen MR) is 113 cm³/mol. The van der Waals surface area contributed by atoms with Crippen molar-refractivity contribution in [3.63, 3.8) is 0 Å². The molecule has 0 unspecified atom stereocenters. The maximum atomic E-state index is 13.0. The third kappa shape index (κ3) is 3.19. The highest BCUT2D eigenvalue weighted by Crippen LogP contribution is 2.34. The van der Waals surface area contributed by atoms with Crippen LogP contribution in [0.25, 0.3) is 21.9 Å². The van der Waals surface area contributed by atoms with Gasteiger partial charge in [0.05, 0.1) is 48.4 Å². The smallest absolute Gasteiger partial charge is 0.329 e. The molecule has 30 heavy (non-hydrogen) atoms. The second-order valence-electron chi connectivity index (χ2n) is 6.83. The zero-order valence-electron chi connectivity index (χ0n) is 16.6. The minimum Gasteiger partial charge on any atom is -0.493 e. The van der Waals surface area contributed by atoms with Gasteiger partial charge in [0.25, 0.3) is 0 Å². The summed E-state index contributed by atoms with van der Waals surface area (Å²) >= 11 is 0. The van der Waals surface area contributed by atoms with Crippen LogP contribution in [0.1, 0.15) is 5.56 Å². The molecule has 2 aromatic carbocycles. The van der Waals surface area contributed by atoms with Gasteiger partial charge in [0.15, 0.2) is 11.5 Å². The fraction of sp³-hybridized carbons (Fsp3) is 0.200. The summed E-state index contributed by atoms with van der Waals surface area (Å²) in [6.07, 6.45) is 1.64. The summed E-state index contributed by atoms with van der Waals surface area (Å²) in [6.45, 7) is 0.245. The van der Waals surface area contributed by atoms with Gasteiger partial charge in [0.2, 0.25) is 10.0 Å². The fourth-order valence-corrected chi connectivity index (χ4v) is 4.03. The number of imidazole rings is 1. The average molecular weight is 428 g/mol. The second-order valence-corrected chi connectivity index (χ2v) is 8.39. The van der Waals surface area contributed by atoms with Gasteiger partial charge in [0.1, 0.15) is 0 Å². The molecule has 0 bridgehead atoms. The lowest BCUT2D eigenvalue weighted by atomic mass is 10.1. The van der Waals surface area contributed by atoms with E-state index in [0.717, 1.165) is 10.9 Å². The van der Waals surface area contributed by atoms with Crippen molar-refractivity contribution < 1.29 is 17.9 Å². The quantitative estimate of drug-likeness (QED) is 0.516. The molecule has 4 rings (SSSR count). The van der Waals surface area contributed by atoms with Crippen LogP contribution in [0.4, 0.5) is 0 Å². The normalized spacial score (nSPS) is 11.9. The van der Waals surface area contributed by atoms with Crippen molar-refractivity contribution in [2.24, 2.45) is 12.2 Å². The van der Waals surface area contributed by atoms with E-state index < -0.39 is 10.0 Å². The molecular formula is C20H20N4O5S. The van der Waals surface area contributed by atoms with Gasteiger partial charge in [-0.2, -0.15) is 0 Å². The Hall–Kier alpha value is -3.37. The second kappa shape index (κ2) is 7.15. The summed E-state index contributed by atoms with van der Waals surface area (Å²) in [5.41, 5.74) is 2.56. The first-order valence-corrected chi connectivity index (χ1v) is 10.5. The van der Waals surface area contributed by atoms with E-state index >= 15 is 0 Å². The van der Waals surface area contributed by atoms with Gasteiger partial charge in [-0.3, -0.25) is 14.1 Å². The number of nitrogens with two attached hydrogens (primary N) is 1. The van der Waals surface area contributed by atoms with Crippen LogP contribution in [0.15, 0.2) is 52.3 Å². The molecule has 2 aromatic heterocycles. The Balaban J connectivity index is 1.94. The van der Waals surface area contributed by atoms with Crippen LogP contribution in [0.2, 0.25) is 0 Å². The third-order valence-electron chi connectivity index (χ3n) is 5.07. The molecule has 0 fully saturated rings. The lowest BCUT2D eigenvalue weighted by Crippen LogP contribution is -2.22. The summed E-state index contributed by atoms with van der Waals surface area (Å²) in [4.78, 5) is 17.4. The molecule has 0 saturated heterocycles. The number of aromatic nitrogens is 3. The number of hydrogen-bond acceptors (Lipinski definition) is 6. The summed E-state index contributed by atoms with van der Waals surface area (Å²) in [5, 5.41) is 5.90. The Labute approximate surface area is 172 Å². The van der Waals surface area contributed by atoms with Crippen molar-refractivity contribution in [3.05, 3.63) is 58.6 Å². The van der Waals surface area contributed by atoms with Crippen molar-refractivity contribution in [2.45, 2.75) is 11.4 Å². The van der Waals surface area contributed by atoms with Gasteiger partial charge >= 0.3 is 5.69 Å². The molecule has 0 radical (unpaired) electrons. The van der Waals surface area contributed by atoms with E-state index in [2.05, 4.69) is 4.98 Å². The van der Waals surface area contributed by atoms with Gasteiger partial charge in [-0.05, 0) is 23.8 Å². The highest BCUT2D eigenvalue weighted by Gasteiger charge is 2.17. The molecule has 0 saturated carbocycles. The number of ether oxygens (including phenoxy) is 2. The maximum Gasteiger partial charge on any atom is 0.329 e. The largest absolute Gasteiger partial charge is 0.493 e. The SMILES string of the molecule is COc1cc2ncc3c(c2cc1OC)n(Cc1ccc(S(N)(=O)=O)cc1)c(=O)n3C. The number of primary sulfonamides is 1. The number of pyridine rings is 1. The van der Waals surface area contributed by atoms with Crippen molar-refractivity contribution in [1.82, 2.24) is 14.1 Å². The number of rotatable bonds is 5. The molecule has 0 amide bonds. The predicted octanol–water partition coefficient (Wildman–Crippen LogP) is 1.60. The van der Waals surface area contributed by atoms with Crippen molar-refractivity contribution in [2.75, 3.05) is 14.2 Å². The van der Waals surface area contributed by atoms with Gasteiger partial charge in [-0.25, -0.2) is 18.4 Å². The maximum absolute atomic E-state index is 13.0. The molecule has 0 aliphatic heterocycles. The minimum absolute atomic E-state index is 0.0167. The molecule has 2 heterocycles. The van der Waals surface area contributed by atoms with Gasteiger partial charge in [-0.1, -0.05) is 12.1 Å². The summed E-state index contributed by atoms with van der Waals surface area (Å²) in [6, 6.07) is 9.68. The van der Waals surface area contributed by atoms with E-state index in [1.165, 1.54) is 16.7 Å². The molecule has 0 aliphatic carbocycles. The van der Waals surface area contributed by atoms with E-state index in [1.54, 1.807) is 56.3 Å². The Morgan fingerprint density at radius 2 is 1.70 bits per heavy atom. The van der Waals surface area contributed by atoms with E-state index in [1.807, 2.05) is 0 Å². The standard InChI is InChI=1S/C20H20N4O5S/c1-23-16-10-22-15-9-18(29-3)17(28-2)8-14(15)19(16)24(20(23)25)11-12-4-6-13(7-5-12)30(21,26)27/h4-10H,11H2,1-3H3,(H2,21,26,27). The Bertz CT molecular complexity index is 1440. The first-order valence-electron chi connectivity index (χ1n) is 8.96. The van der Waals surface area contributed by atoms with Crippen LogP contribution in [0.3, 0.4) is 0 Å². The van der Waals surface area contributed by atoms with E-state index in [0.29, 0.717) is 28.0 Å². The molecule has 156 valence electrons. The number of methoxy groups -OCH3 is 2. The summed E-state index contributed by atoms with van der Waals surface area (Å²) in [5.74, 6) is 1.07. The van der Waals surface area contributed by atoms with E-state index in [9.17, 15) is 13.2 Å². The lowest BCUT2D eigenvalue weighted by Gasteiger charge is -2.11. The summed E-state index contributed by atoms with van der Waals surface area (Å²) < 4.78 is 36.9. The Morgan fingerprint density at radius 3 is 2.30 bits per heavy atom. The monoisotopic (exact) mass is 428 g/mol. The molecular weight excluding hydrogens is 408 g/mol. The van der Waals surface area contributed by atoms with Crippen LogP contribution in [-0.4, -0.2) is 36.8 Å². The lowest BCUT2D eigenvalue weighted by molar-refractivity contribution is 0.356. The van der Waals surface area contributed by atoms with E-state index in [-0.39, 0.29) is 17.1 Å². The number of sulfonamides is 1. The average Bonchev–Trinajstić information content (AvgIpc) is 2.97. The van der Waals surface area contributed by atoms with Crippen LogP contribution >= 0.6 is 0 Å². The molecule has 4 aromatic rings. The third-order valence-corrected chi connectivity index (χ3v) is 6.00. The van der Waals surface area contributed by atoms with Crippen LogP contribution < -0.4 is 20.3 Å². The number of aryl methyl sites for hydroxylation is 1. The van der Waals surface area contributed by atoms with Crippen molar-refractivity contribution in [1.29, 1.82) is 0 Å². The molecule has 0 spiro atoms. The zero-order chi connectivity index (χ0) is 21.6. The minimum atomic E-state index is -3.78. The van der Waals surface area contributed by atoms with Crippen LogP contribution in [0.5, 0.6) is 11.5 Å². The first-order chi connectivity index (χ1) is 14.2. The van der Waals surface area contributed by atoms with Gasteiger partial charge in [0, 0.05) is 18.5 Å². The highest BCUT2D eigenvalue weighted by atomic mass is 32.2. The van der Waals surface area contributed by atoms with E-state index in [4.69, 9.17) is 14.6 Å². The number of nitrogens with zero attached hydrogens (tertiary/aromatic N) is 3. The van der Waals surface area contributed by atoms with Crippen LogP contribution in [-0.2, 0) is 23.6 Å². The van der Waals surface area contributed by atoms with Gasteiger partial charge in [-0.15, -0.1) is 0 Å². The summed E-state index contributed by atoms with van der Waals surface area (Å²) in [7, 11) is 0.991. The first kappa shape index (κ1) is 19.9. The zero-order valence-corrected chi connectivity index (χ0v) is 17.4. The van der Waals surface area contributed by atoms with Crippen molar-refractivity contribution in [3.8, 4) is 11.5 Å². The molecule has 10 heteroatoms.